The van der Waals surface area contributed by atoms with Crippen LogP contribution in [0.15, 0.2) is 24.3 Å². The normalized spacial score (nSPS) is 16.7. The van der Waals surface area contributed by atoms with Crippen LogP contribution in [0, 0.1) is 11.8 Å². The van der Waals surface area contributed by atoms with Crippen LogP contribution in [-0.2, 0) is 20.5 Å². The van der Waals surface area contributed by atoms with Gasteiger partial charge >= 0.3 is 12.1 Å². The number of aliphatic carboxylic acids is 1. The zero-order chi connectivity index (χ0) is 19.2. The number of carboxylic acid groups (broad SMARTS) is 1. The van der Waals surface area contributed by atoms with Crippen LogP contribution in [0.5, 0.6) is 5.75 Å². The maximum Gasteiger partial charge on any atom is 0.419 e. The fraction of sp³-hybridized carbons (Fsp3) is 0.529. The Labute approximate surface area is 148 Å². The van der Waals surface area contributed by atoms with E-state index in [1.165, 1.54) is 12.1 Å². The lowest BCUT2D eigenvalue weighted by Crippen LogP contribution is -2.40. The summed E-state index contributed by atoms with van der Waals surface area (Å²) in [5.74, 6) is -3.05. The number of alkyl halides is 3. The van der Waals surface area contributed by atoms with Gasteiger partial charge in [-0.15, -0.1) is 0 Å². The summed E-state index contributed by atoms with van der Waals surface area (Å²) in [4.78, 5) is 23.2. The van der Waals surface area contributed by atoms with E-state index in [9.17, 15) is 27.9 Å². The molecule has 1 aliphatic rings. The summed E-state index contributed by atoms with van der Waals surface area (Å²) in [6.07, 6.45) is -3.42. The largest absolute Gasteiger partial charge is 0.483 e. The van der Waals surface area contributed by atoms with Gasteiger partial charge in [0.15, 0.2) is 6.61 Å². The molecule has 2 N–H and O–H groups in total. The molecular weight excluding hydrogens is 355 g/mol. The monoisotopic (exact) mass is 375 g/mol. The van der Waals surface area contributed by atoms with Crippen LogP contribution in [0.4, 0.5) is 13.2 Å². The second kappa shape index (κ2) is 8.88. The number of ether oxygens (including phenoxy) is 2. The number of nitrogens with one attached hydrogen (secondary N) is 1. The molecule has 1 unspecified atom stereocenters. The summed E-state index contributed by atoms with van der Waals surface area (Å²) >= 11 is 0. The number of carbonyl (C=O) groups is 2. The van der Waals surface area contributed by atoms with E-state index in [0.717, 1.165) is 12.1 Å². The van der Waals surface area contributed by atoms with Crippen molar-refractivity contribution in [2.75, 3.05) is 26.4 Å². The molecule has 1 heterocycles. The molecule has 1 saturated heterocycles. The molecule has 9 heteroatoms. The molecule has 0 saturated carbocycles. The van der Waals surface area contributed by atoms with Crippen molar-refractivity contribution >= 4 is 11.9 Å². The second-order valence-corrected chi connectivity index (χ2v) is 5.98. The van der Waals surface area contributed by atoms with Gasteiger partial charge in [0.1, 0.15) is 5.75 Å². The molecule has 0 aliphatic carbocycles. The summed E-state index contributed by atoms with van der Waals surface area (Å²) in [6.45, 7) is 0.204. The molecule has 1 aromatic rings. The average molecular weight is 375 g/mol. The Bertz CT molecular complexity index is 629. The van der Waals surface area contributed by atoms with E-state index in [2.05, 4.69) is 5.32 Å². The van der Waals surface area contributed by atoms with E-state index in [1.807, 2.05) is 0 Å². The topological polar surface area (TPSA) is 84.9 Å². The van der Waals surface area contributed by atoms with Gasteiger partial charge in [0, 0.05) is 19.8 Å². The number of para-hydroxylation sites is 1. The Kier molecular flexibility index (Phi) is 6.84. The average Bonchev–Trinajstić information content (AvgIpc) is 2.60. The smallest absolute Gasteiger partial charge is 0.419 e. The SMILES string of the molecule is O=C(COc1ccccc1C(F)(F)F)NCC(C(=O)O)C1CCOCC1. The fourth-order valence-electron chi connectivity index (χ4n) is 2.82. The Morgan fingerprint density at radius 3 is 2.54 bits per heavy atom. The van der Waals surface area contributed by atoms with Crippen molar-refractivity contribution in [2.24, 2.45) is 11.8 Å². The maximum atomic E-state index is 12.9. The van der Waals surface area contributed by atoms with Gasteiger partial charge in [-0.2, -0.15) is 13.2 Å². The zero-order valence-electron chi connectivity index (χ0n) is 13.9. The standard InChI is InChI=1S/C17H20F3NO5/c18-17(19,20)13-3-1-2-4-14(13)26-10-15(22)21-9-12(16(23)24)11-5-7-25-8-6-11/h1-4,11-12H,5-10H2,(H,21,22)(H,23,24). The molecule has 1 amide bonds. The quantitative estimate of drug-likeness (QED) is 0.764. The van der Waals surface area contributed by atoms with Crippen LogP contribution >= 0.6 is 0 Å². The highest BCUT2D eigenvalue weighted by molar-refractivity contribution is 5.78. The summed E-state index contributed by atoms with van der Waals surface area (Å²) in [5, 5.41) is 11.7. The van der Waals surface area contributed by atoms with Gasteiger partial charge in [0.2, 0.25) is 0 Å². The number of rotatable bonds is 7. The molecule has 1 atom stereocenters. The van der Waals surface area contributed by atoms with Crippen LogP contribution in [0.2, 0.25) is 0 Å². The van der Waals surface area contributed by atoms with Crippen molar-refractivity contribution in [3.8, 4) is 5.75 Å². The molecule has 1 aromatic carbocycles. The van der Waals surface area contributed by atoms with Gasteiger partial charge in [0.25, 0.3) is 5.91 Å². The number of hydrogen-bond donors (Lipinski definition) is 2. The minimum atomic E-state index is -4.59. The first kappa shape index (κ1) is 20.0. The Morgan fingerprint density at radius 1 is 1.27 bits per heavy atom. The summed E-state index contributed by atoms with van der Waals surface area (Å²) < 4.78 is 48.7. The maximum absolute atomic E-state index is 12.9. The van der Waals surface area contributed by atoms with Crippen LogP contribution in [0.3, 0.4) is 0 Å². The van der Waals surface area contributed by atoms with Crippen molar-refractivity contribution in [3.05, 3.63) is 29.8 Å². The van der Waals surface area contributed by atoms with Crippen molar-refractivity contribution < 1.29 is 37.3 Å². The first-order valence-electron chi connectivity index (χ1n) is 8.15. The molecule has 0 bridgehead atoms. The molecule has 2 rings (SSSR count). The van der Waals surface area contributed by atoms with E-state index >= 15 is 0 Å². The first-order valence-corrected chi connectivity index (χ1v) is 8.15. The van der Waals surface area contributed by atoms with E-state index in [4.69, 9.17) is 9.47 Å². The van der Waals surface area contributed by atoms with Crippen molar-refractivity contribution in [3.63, 3.8) is 0 Å². The zero-order valence-corrected chi connectivity index (χ0v) is 13.9. The third-order valence-electron chi connectivity index (χ3n) is 4.22. The van der Waals surface area contributed by atoms with E-state index in [1.54, 1.807) is 0 Å². The predicted molar refractivity (Wildman–Crippen MR) is 84.6 cm³/mol. The second-order valence-electron chi connectivity index (χ2n) is 5.98. The van der Waals surface area contributed by atoms with Gasteiger partial charge in [-0.25, -0.2) is 0 Å². The number of amides is 1. The highest BCUT2D eigenvalue weighted by Crippen LogP contribution is 2.35. The van der Waals surface area contributed by atoms with Gasteiger partial charge < -0.3 is 19.9 Å². The summed E-state index contributed by atoms with van der Waals surface area (Å²) in [7, 11) is 0. The minimum Gasteiger partial charge on any atom is -0.483 e. The van der Waals surface area contributed by atoms with Crippen molar-refractivity contribution in [1.82, 2.24) is 5.32 Å². The lowest BCUT2D eigenvalue weighted by Gasteiger charge is -2.27. The molecule has 0 radical (unpaired) electrons. The number of benzene rings is 1. The van der Waals surface area contributed by atoms with E-state index in [0.29, 0.717) is 26.1 Å². The molecule has 1 aliphatic heterocycles. The number of carboxylic acids is 1. The third kappa shape index (κ3) is 5.62. The molecule has 1 fully saturated rings. The Hall–Kier alpha value is -2.29. The van der Waals surface area contributed by atoms with E-state index < -0.39 is 41.9 Å². The Morgan fingerprint density at radius 2 is 1.92 bits per heavy atom. The molecular formula is C17H20F3NO5. The van der Waals surface area contributed by atoms with Gasteiger partial charge in [-0.05, 0) is 30.9 Å². The molecule has 0 spiro atoms. The number of carbonyl (C=O) groups excluding carboxylic acids is 1. The highest BCUT2D eigenvalue weighted by atomic mass is 19.4. The highest BCUT2D eigenvalue weighted by Gasteiger charge is 2.34. The number of hydrogen-bond acceptors (Lipinski definition) is 4. The van der Waals surface area contributed by atoms with Gasteiger partial charge in [-0.1, -0.05) is 12.1 Å². The van der Waals surface area contributed by atoms with Crippen molar-refractivity contribution in [2.45, 2.75) is 19.0 Å². The lowest BCUT2D eigenvalue weighted by atomic mass is 9.86. The fourth-order valence-corrected chi connectivity index (χ4v) is 2.82. The van der Waals surface area contributed by atoms with Crippen LogP contribution in [0.25, 0.3) is 0 Å². The molecule has 0 aromatic heterocycles. The summed E-state index contributed by atoms with van der Waals surface area (Å²) in [6, 6.07) is 4.58. The Balaban J connectivity index is 1.88. The van der Waals surface area contributed by atoms with E-state index in [-0.39, 0.29) is 12.5 Å². The minimum absolute atomic E-state index is 0.108. The lowest BCUT2D eigenvalue weighted by molar-refractivity contribution is -0.145. The van der Waals surface area contributed by atoms with Crippen LogP contribution in [-0.4, -0.2) is 43.3 Å². The first-order chi connectivity index (χ1) is 12.3. The van der Waals surface area contributed by atoms with Crippen molar-refractivity contribution in [1.29, 1.82) is 0 Å². The summed E-state index contributed by atoms with van der Waals surface area (Å²) in [5.41, 5.74) is -0.974. The van der Waals surface area contributed by atoms with Gasteiger partial charge in [-0.3, -0.25) is 9.59 Å². The predicted octanol–water partition coefficient (Wildman–Crippen LogP) is 2.33. The number of halogens is 3. The van der Waals surface area contributed by atoms with Crippen LogP contribution in [0.1, 0.15) is 18.4 Å². The molecule has 6 nitrogen and oxygen atoms in total. The molecule has 144 valence electrons. The van der Waals surface area contributed by atoms with Crippen LogP contribution < -0.4 is 10.1 Å². The molecule has 26 heavy (non-hydrogen) atoms. The third-order valence-corrected chi connectivity index (χ3v) is 4.22. The van der Waals surface area contributed by atoms with Gasteiger partial charge in [0.05, 0.1) is 11.5 Å².